The summed E-state index contributed by atoms with van der Waals surface area (Å²) in [6, 6.07) is 14.7. The second-order valence-corrected chi connectivity index (χ2v) is 6.92. The minimum atomic E-state index is -0.168. The van der Waals surface area contributed by atoms with E-state index in [4.69, 9.17) is 18.0 Å². The fourth-order valence-electron chi connectivity index (χ4n) is 3.18. The van der Waals surface area contributed by atoms with E-state index in [0.717, 1.165) is 37.4 Å². The lowest BCUT2D eigenvalue weighted by molar-refractivity contribution is 0.246. The van der Waals surface area contributed by atoms with Crippen LogP contribution in [0.25, 0.3) is 0 Å². The van der Waals surface area contributed by atoms with E-state index in [-0.39, 0.29) is 10.9 Å². The fraction of sp³-hybridized carbons (Fsp3) is 0.250. The van der Waals surface area contributed by atoms with Gasteiger partial charge in [0.15, 0.2) is 5.11 Å². The van der Waals surface area contributed by atoms with Crippen molar-refractivity contribution in [3.8, 4) is 6.07 Å². The minimum absolute atomic E-state index is 0.0848. The number of hydrazone groups is 1. The second kappa shape index (κ2) is 9.26. The molecule has 3 rings (SSSR count). The van der Waals surface area contributed by atoms with Crippen LogP contribution in [0.15, 0.2) is 47.6 Å². The van der Waals surface area contributed by atoms with Crippen LogP contribution in [0.4, 0.5) is 10.1 Å². The molecular formula is C20H21FN6S. The number of anilines is 1. The van der Waals surface area contributed by atoms with Gasteiger partial charge in [-0.05, 0) is 36.0 Å². The number of hydrogen-bond acceptors (Lipinski definition) is 5. The molecule has 0 amide bonds. The van der Waals surface area contributed by atoms with Gasteiger partial charge in [-0.2, -0.15) is 10.4 Å². The smallest absolute Gasteiger partial charge is 0.184 e. The Bertz CT molecular complexity index is 915. The number of piperazine rings is 1. The summed E-state index contributed by atoms with van der Waals surface area (Å²) < 4.78 is 13.9. The van der Waals surface area contributed by atoms with Crippen LogP contribution in [0.1, 0.15) is 16.7 Å². The maximum Gasteiger partial charge on any atom is 0.184 e. The van der Waals surface area contributed by atoms with Crippen molar-refractivity contribution < 1.29 is 4.39 Å². The van der Waals surface area contributed by atoms with Crippen LogP contribution in [0.2, 0.25) is 0 Å². The Balaban J connectivity index is 1.63. The zero-order valence-electron chi connectivity index (χ0n) is 15.3. The number of halogens is 1. The van der Waals surface area contributed by atoms with Crippen LogP contribution < -0.4 is 16.1 Å². The van der Waals surface area contributed by atoms with Crippen LogP contribution in [-0.2, 0) is 6.54 Å². The van der Waals surface area contributed by atoms with Crippen molar-refractivity contribution in [2.75, 3.05) is 31.1 Å². The van der Waals surface area contributed by atoms with Crippen LogP contribution in [-0.4, -0.2) is 42.4 Å². The van der Waals surface area contributed by atoms with Gasteiger partial charge in [-0.1, -0.05) is 24.3 Å². The highest BCUT2D eigenvalue weighted by Gasteiger charge is 2.20. The molecule has 28 heavy (non-hydrogen) atoms. The lowest BCUT2D eigenvalue weighted by Gasteiger charge is -2.36. The molecular weight excluding hydrogens is 375 g/mol. The van der Waals surface area contributed by atoms with E-state index < -0.39 is 0 Å². The van der Waals surface area contributed by atoms with Crippen LogP contribution in [0.5, 0.6) is 0 Å². The largest absolute Gasteiger partial charge is 0.375 e. The molecule has 144 valence electrons. The molecule has 1 aliphatic rings. The van der Waals surface area contributed by atoms with Crippen LogP contribution in [0.3, 0.4) is 0 Å². The predicted octanol–water partition coefficient (Wildman–Crippen LogP) is 2.19. The van der Waals surface area contributed by atoms with E-state index in [1.54, 1.807) is 18.3 Å². The Labute approximate surface area is 169 Å². The molecule has 1 fully saturated rings. The van der Waals surface area contributed by atoms with Gasteiger partial charge in [-0.25, -0.2) is 4.39 Å². The van der Waals surface area contributed by atoms with E-state index >= 15 is 0 Å². The summed E-state index contributed by atoms with van der Waals surface area (Å²) >= 11 is 4.69. The lowest BCUT2D eigenvalue weighted by atomic mass is 10.1. The van der Waals surface area contributed by atoms with E-state index in [1.807, 2.05) is 24.3 Å². The molecule has 0 radical (unpaired) electrons. The Kier molecular flexibility index (Phi) is 6.53. The zero-order chi connectivity index (χ0) is 19.9. The Hall–Kier alpha value is -3.02. The van der Waals surface area contributed by atoms with Gasteiger partial charge in [0.05, 0.1) is 17.5 Å². The van der Waals surface area contributed by atoms with E-state index in [0.29, 0.717) is 17.7 Å². The predicted molar refractivity (Wildman–Crippen MR) is 113 cm³/mol. The van der Waals surface area contributed by atoms with Crippen molar-refractivity contribution >= 4 is 29.2 Å². The van der Waals surface area contributed by atoms with Gasteiger partial charge in [0.2, 0.25) is 0 Å². The summed E-state index contributed by atoms with van der Waals surface area (Å²) in [5, 5.41) is 13.5. The molecule has 0 aliphatic carbocycles. The first kappa shape index (κ1) is 19.7. The fourth-order valence-corrected chi connectivity index (χ4v) is 3.24. The maximum atomic E-state index is 13.9. The third-order valence-electron chi connectivity index (χ3n) is 4.59. The first-order valence-electron chi connectivity index (χ1n) is 8.90. The average Bonchev–Trinajstić information content (AvgIpc) is 2.70. The molecule has 2 aromatic rings. The number of thiocarbonyl (C=S) groups is 1. The van der Waals surface area contributed by atoms with Gasteiger partial charge in [0.25, 0.3) is 0 Å². The Morgan fingerprint density at radius 3 is 2.68 bits per heavy atom. The van der Waals surface area contributed by atoms with E-state index in [2.05, 4.69) is 26.4 Å². The molecule has 1 heterocycles. The molecule has 0 aromatic heterocycles. The molecule has 0 unspecified atom stereocenters. The number of benzene rings is 2. The summed E-state index contributed by atoms with van der Waals surface area (Å²) in [6.45, 7) is 3.76. The summed E-state index contributed by atoms with van der Waals surface area (Å²) in [4.78, 5) is 4.41. The molecule has 3 N–H and O–H groups in total. The maximum absolute atomic E-state index is 13.9. The molecule has 0 saturated carbocycles. The molecule has 1 aliphatic heterocycles. The molecule has 8 heteroatoms. The van der Waals surface area contributed by atoms with Crippen molar-refractivity contribution in [1.82, 2.24) is 10.3 Å². The van der Waals surface area contributed by atoms with Gasteiger partial charge < -0.3 is 10.6 Å². The monoisotopic (exact) mass is 396 g/mol. The summed E-state index contributed by atoms with van der Waals surface area (Å²) in [5.74, 6) is -0.168. The van der Waals surface area contributed by atoms with Gasteiger partial charge in [0, 0.05) is 38.3 Å². The molecule has 0 atom stereocenters. The number of nitrogens with one attached hydrogen (secondary N) is 1. The van der Waals surface area contributed by atoms with Gasteiger partial charge in [-0.15, -0.1) is 0 Å². The standard InChI is InChI=1S/C20H21FN6S/c21-18-4-2-1-3-16(18)14-26-7-9-27(10-8-26)19-6-5-15(11-17(19)12-22)13-24-25-20(23)28/h1-6,11,13H,7-10,14H2,(H3,23,25,28)/b24-13+. The number of rotatable bonds is 5. The van der Waals surface area contributed by atoms with E-state index in [1.165, 1.54) is 6.07 Å². The van der Waals surface area contributed by atoms with Crippen LogP contribution >= 0.6 is 12.2 Å². The summed E-state index contributed by atoms with van der Waals surface area (Å²) in [6.07, 6.45) is 1.57. The van der Waals surface area contributed by atoms with Crippen molar-refractivity contribution in [3.63, 3.8) is 0 Å². The van der Waals surface area contributed by atoms with Crippen LogP contribution in [0, 0.1) is 17.1 Å². The molecule has 1 saturated heterocycles. The number of nitriles is 1. The van der Waals surface area contributed by atoms with Gasteiger partial charge in [0.1, 0.15) is 11.9 Å². The van der Waals surface area contributed by atoms with Gasteiger partial charge in [-0.3, -0.25) is 10.3 Å². The average molecular weight is 396 g/mol. The SMILES string of the molecule is N#Cc1cc(/C=N/NC(N)=S)ccc1N1CCN(Cc2ccccc2F)CC1. The van der Waals surface area contributed by atoms with E-state index in [9.17, 15) is 9.65 Å². The second-order valence-electron chi connectivity index (χ2n) is 6.48. The molecule has 0 bridgehead atoms. The third-order valence-corrected chi connectivity index (χ3v) is 4.69. The molecule has 0 spiro atoms. The first-order valence-corrected chi connectivity index (χ1v) is 9.31. The first-order chi connectivity index (χ1) is 13.6. The van der Waals surface area contributed by atoms with Crippen molar-refractivity contribution in [2.45, 2.75) is 6.54 Å². The highest BCUT2D eigenvalue weighted by atomic mass is 32.1. The molecule has 6 nitrogen and oxygen atoms in total. The highest BCUT2D eigenvalue weighted by molar-refractivity contribution is 7.80. The molecule has 2 aromatic carbocycles. The van der Waals surface area contributed by atoms with Crippen molar-refractivity contribution in [1.29, 1.82) is 5.26 Å². The Morgan fingerprint density at radius 2 is 2.00 bits per heavy atom. The minimum Gasteiger partial charge on any atom is -0.375 e. The topological polar surface area (TPSA) is 80.7 Å². The summed E-state index contributed by atoms with van der Waals surface area (Å²) in [5.41, 5.74) is 10.8. The number of nitrogens with zero attached hydrogens (tertiary/aromatic N) is 4. The third kappa shape index (κ3) is 5.03. The Morgan fingerprint density at radius 1 is 1.25 bits per heavy atom. The normalized spacial score (nSPS) is 14.8. The number of hydrogen-bond donors (Lipinski definition) is 2. The van der Waals surface area contributed by atoms with Gasteiger partial charge >= 0.3 is 0 Å². The van der Waals surface area contributed by atoms with Crippen molar-refractivity contribution in [2.24, 2.45) is 10.8 Å². The zero-order valence-corrected chi connectivity index (χ0v) is 16.1. The van der Waals surface area contributed by atoms with Crippen molar-refractivity contribution in [3.05, 3.63) is 65.0 Å². The summed E-state index contributed by atoms with van der Waals surface area (Å²) in [7, 11) is 0. The number of nitrogens with two attached hydrogens (primary N) is 1. The quantitative estimate of drug-likeness (QED) is 0.458. The highest BCUT2D eigenvalue weighted by Crippen LogP contribution is 2.23. The lowest BCUT2D eigenvalue weighted by Crippen LogP contribution is -2.46.